The number of nitrogen functional groups attached to an aromatic ring is 2. The van der Waals surface area contributed by atoms with Gasteiger partial charge in [-0.1, -0.05) is 0 Å². The molecule has 2 unspecified atom stereocenters. The third-order valence-corrected chi connectivity index (χ3v) is 14.7. The molecule has 2 fully saturated rings. The monoisotopic (exact) mass is 1050 g/mol. The number of piperidine rings is 1. The Bertz CT molecular complexity index is 3690. The third-order valence-electron chi connectivity index (χ3n) is 14.7. The first-order chi connectivity index (χ1) is 37.7. The average Bonchev–Trinajstić information content (AvgIpc) is 4.01. The van der Waals surface area contributed by atoms with Gasteiger partial charge in [0.2, 0.25) is 0 Å². The number of pyridine rings is 1. The van der Waals surface area contributed by atoms with Crippen molar-refractivity contribution in [2.24, 2.45) is 20.0 Å². The van der Waals surface area contributed by atoms with Crippen LogP contribution in [0.15, 0.2) is 95.3 Å². The first-order valence-corrected chi connectivity index (χ1v) is 25.3. The Morgan fingerprint density at radius 3 is 1.74 bits per heavy atom. The Kier molecular flexibility index (Phi) is 14.7. The summed E-state index contributed by atoms with van der Waals surface area (Å²) in [7, 11) is 9.56. The normalized spacial score (nSPS) is 16.6. The van der Waals surface area contributed by atoms with Crippen molar-refractivity contribution in [3.05, 3.63) is 118 Å². The first kappa shape index (κ1) is 52.4. The molecule has 6 aromatic heterocycles. The number of hydrogen-bond acceptors (Lipinski definition) is 19. The lowest BCUT2D eigenvalue weighted by Gasteiger charge is -2.43. The Morgan fingerprint density at radius 2 is 1.22 bits per heavy atom. The number of benzene rings is 2. The highest BCUT2D eigenvalue weighted by molar-refractivity contribution is 5.75. The zero-order valence-corrected chi connectivity index (χ0v) is 44.4. The maximum Gasteiger partial charge on any atom is 0.276 e. The van der Waals surface area contributed by atoms with E-state index in [9.17, 15) is 14.9 Å². The summed E-state index contributed by atoms with van der Waals surface area (Å²) in [5, 5.41) is 15.7. The van der Waals surface area contributed by atoms with E-state index in [0.29, 0.717) is 93.3 Å². The Labute approximate surface area is 449 Å². The molecule has 2 atom stereocenters. The number of aromatic nitrogens is 11. The zero-order chi connectivity index (χ0) is 54.8. The van der Waals surface area contributed by atoms with Crippen molar-refractivity contribution >= 4 is 11.6 Å². The van der Waals surface area contributed by atoms with E-state index in [2.05, 4.69) is 20.9 Å². The van der Waals surface area contributed by atoms with Crippen LogP contribution in [-0.4, -0.2) is 120 Å². The standard InChI is InChI=1S/C56H59N15O7/c1-32-42(27-71(67-32)37-11-14-70(15-12-37)16-17-74-4)44-26-62-53(59)51(64-44)46-29-69(3)55(73)49(66-46)35-20-40(77-7)23-41(21-35)78-30-36-10-13-56(36,31-57)47-9-8-33(24-60-47)43-25-61-52(58)50(63-43)45-28-68(2)54(72)48(65-45)34-18-38(75-5)22-39(19-34)76-6/h8-9,18-29,36-37H,10-17,30H2,1-7H3,(H2,58,61)(H2,59,62). The molecular formula is C56H59N15O7. The summed E-state index contributed by atoms with van der Waals surface area (Å²) in [4.78, 5) is 62.8. The molecule has 2 aromatic carbocycles. The fourth-order valence-corrected chi connectivity index (χ4v) is 10.1. The van der Waals surface area contributed by atoms with Crippen molar-refractivity contribution in [3.63, 3.8) is 0 Å². The van der Waals surface area contributed by atoms with E-state index in [1.807, 2.05) is 29.9 Å². The predicted molar refractivity (Wildman–Crippen MR) is 292 cm³/mol. The summed E-state index contributed by atoms with van der Waals surface area (Å²) >= 11 is 0. The zero-order valence-electron chi connectivity index (χ0n) is 44.4. The van der Waals surface area contributed by atoms with Gasteiger partial charge in [0.05, 0.1) is 81.8 Å². The smallest absolute Gasteiger partial charge is 0.276 e. The van der Waals surface area contributed by atoms with Crippen molar-refractivity contribution in [2.75, 3.05) is 72.8 Å². The highest BCUT2D eigenvalue weighted by Gasteiger charge is 2.50. The Balaban J connectivity index is 0.868. The van der Waals surface area contributed by atoms with Gasteiger partial charge in [0.1, 0.15) is 62.6 Å². The van der Waals surface area contributed by atoms with Gasteiger partial charge < -0.3 is 49.2 Å². The predicted octanol–water partition coefficient (Wildman–Crippen LogP) is 6.08. The summed E-state index contributed by atoms with van der Waals surface area (Å²) in [6.07, 6.45) is 13.2. The van der Waals surface area contributed by atoms with Crippen molar-refractivity contribution in [3.8, 4) is 96.9 Å². The lowest BCUT2D eigenvalue weighted by atomic mass is 9.59. The van der Waals surface area contributed by atoms with Crippen LogP contribution in [0.4, 0.5) is 11.6 Å². The van der Waals surface area contributed by atoms with E-state index >= 15 is 0 Å². The van der Waals surface area contributed by atoms with Gasteiger partial charge >= 0.3 is 0 Å². The summed E-state index contributed by atoms with van der Waals surface area (Å²) in [6, 6.07) is 16.7. The minimum atomic E-state index is -0.948. The number of nitrogens with two attached hydrogens (primary N) is 2. The number of likely N-dealkylation sites (tertiary alicyclic amines) is 1. The van der Waals surface area contributed by atoms with E-state index in [0.717, 1.165) is 43.7 Å². The molecule has 1 aliphatic heterocycles. The summed E-state index contributed by atoms with van der Waals surface area (Å²) < 4.78 is 33.2. The van der Waals surface area contributed by atoms with Gasteiger partial charge in [-0.25, -0.2) is 29.9 Å². The Morgan fingerprint density at radius 1 is 0.667 bits per heavy atom. The lowest BCUT2D eigenvalue weighted by Crippen LogP contribution is -2.46. The van der Waals surface area contributed by atoms with Crippen molar-refractivity contribution in [1.82, 2.24) is 58.7 Å². The summed E-state index contributed by atoms with van der Waals surface area (Å²) in [6.45, 7) is 5.67. The van der Waals surface area contributed by atoms with Crippen LogP contribution in [0, 0.1) is 24.2 Å². The number of ether oxygens (including phenoxy) is 5. The highest BCUT2D eigenvalue weighted by Crippen LogP contribution is 2.48. The first-order valence-electron chi connectivity index (χ1n) is 25.3. The molecule has 7 heterocycles. The number of rotatable bonds is 17. The molecule has 2 aliphatic rings. The average molecular weight is 1050 g/mol. The largest absolute Gasteiger partial charge is 0.497 e. The highest BCUT2D eigenvalue weighted by atomic mass is 16.5. The van der Waals surface area contributed by atoms with Crippen molar-refractivity contribution in [2.45, 2.75) is 44.1 Å². The van der Waals surface area contributed by atoms with Crippen molar-refractivity contribution in [1.29, 1.82) is 5.26 Å². The second-order valence-corrected chi connectivity index (χ2v) is 19.5. The molecule has 8 aromatic rings. The molecule has 0 amide bonds. The Hall–Kier alpha value is -9.07. The van der Waals surface area contributed by atoms with Gasteiger partial charge in [0.15, 0.2) is 11.6 Å². The minimum absolute atomic E-state index is 0.109. The molecule has 10 rings (SSSR count). The third kappa shape index (κ3) is 10.2. The molecule has 0 spiro atoms. The van der Waals surface area contributed by atoms with Crippen LogP contribution in [0.5, 0.6) is 23.0 Å². The molecule has 1 aliphatic carbocycles. The minimum Gasteiger partial charge on any atom is -0.497 e. The maximum atomic E-state index is 13.9. The van der Waals surface area contributed by atoms with Gasteiger partial charge in [-0.3, -0.25) is 19.3 Å². The summed E-state index contributed by atoms with van der Waals surface area (Å²) in [5.74, 6) is 1.85. The van der Waals surface area contributed by atoms with Gasteiger partial charge in [-0.05, 0) is 69.0 Å². The van der Waals surface area contributed by atoms with Crippen LogP contribution in [-0.2, 0) is 24.2 Å². The second-order valence-electron chi connectivity index (χ2n) is 19.5. The molecular weight excluding hydrogens is 995 g/mol. The van der Waals surface area contributed by atoms with Gasteiger partial charge in [-0.15, -0.1) is 0 Å². The van der Waals surface area contributed by atoms with Gasteiger partial charge in [0.25, 0.3) is 11.1 Å². The number of methoxy groups -OCH3 is 4. The number of hydrogen-bond donors (Lipinski definition) is 2. The molecule has 22 heteroatoms. The summed E-state index contributed by atoms with van der Waals surface area (Å²) in [5.41, 5.74) is 17.5. The van der Waals surface area contributed by atoms with Gasteiger partial charge in [-0.2, -0.15) is 10.4 Å². The van der Waals surface area contributed by atoms with Crippen LogP contribution in [0.2, 0.25) is 0 Å². The van der Waals surface area contributed by atoms with Gasteiger partial charge in [0, 0.05) is 106 Å². The van der Waals surface area contributed by atoms with Crippen LogP contribution in [0.25, 0.3) is 67.8 Å². The second kappa shape index (κ2) is 21.9. The molecule has 0 radical (unpaired) electrons. The molecule has 0 bridgehead atoms. The fraction of sp³-hybridized carbons (Fsp3) is 0.339. The van der Waals surface area contributed by atoms with Crippen LogP contribution in [0.3, 0.4) is 0 Å². The molecule has 78 heavy (non-hydrogen) atoms. The van der Waals surface area contributed by atoms with E-state index in [1.54, 1.807) is 82.4 Å². The van der Waals surface area contributed by atoms with Crippen LogP contribution in [0.1, 0.15) is 43.1 Å². The number of nitriles is 1. The molecule has 1 saturated heterocycles. The number of anilines is 2. The van der Waals surface area contributed by atoms with Crippen LogP contribution >= 0.6 is 0 Å². The fourth-order valence-electron chi connectivity index (χ4n) is 10.1. The molecule has 22 nitrogen and oxygen atoms in total. The van der Waals surface area contributed by atoms with Crippen molar-refractivity contribution < 1.29 is 23.7 Å². The molecule has 400 valence electrons. The SMILES string of the molecule is COCCN1CCC(n2cc(-c3cnc(N)c(-c4cn(C)c(=O)c(-c5cc(OC)cc(OCC6CCC6(C#N)c6ccc(-c7cnc(N)c(-c8cn(C)c(=O)c(-c9cc(OC)cc(OC)c9)n8)n7)cn6)c5)n4)n3)c(C)n2)CC1. The maximum absolute atomic E-state index is 13.9. The molecule has 4 N–H and O–H groups in total. The quantitative estimate of drug-likeness (QED) is 0.104. The van der Waals surface area contributed by atoms with E-state index in [1.165, 1.54) is 36.7 Å². The lowest BCUT2D eigenvalue weighted by molar-refractivity contribution is 0.103. The van der Waals surface area contributed by atoms with Crippen LogP contribution < -0.4 is 41.5 Å². The van der Waals surface area contributed by atoms with E-state index in [-0.39, 0.29) is 58.4 Å². The van der Waals surface area contributed by atoms with E-state index < -0.39 is 5.41 Å². The topological polar surface area (TPSA) is 277 Å². The van der Waals surface area contributed by atoms with E-state index in [4.69, 9.17) is 65.2 Å². The number of nitrogens with zero attached hydrogens (tertiary/aromatic N) is 13. The number of aryl methyl sites for hydroxylation is 3. The molecule has 1 saturated carbocycles.